The lowest BCUT2D eigenvalue weighted by atomic mass is 9.85. The van der Waals surface area contributed by atoms with Crippen molar-refractivity contribution in [2.75, 3.05) is 0 Å². The van der Waals surface area contributed by atoms with Crippen LogP contribution in [0.25, 0.3) is 0 Å². The van der Waals surface area contributed by atoms with Crippen LogP contribution in [-0.4, -0.2) is 22.2 Å². The van der Waals surface area contributed by atoms with Gasteiger partial charge in [-0.15, -0.1) is 0 Å². The Morgan fingerprint density at radius 3 is 2.37 bits per heavy atom. The van der Waals surface area contributed by atoms with Crippen LogP contribution in [0.3, 0.4) is 0 Å². The molecule has 2 rings (SSSR count). The van der Waals surface area contributed by atoms with E-state index in [2.05, 4.69) is 15.3 Å². The number of halogens is 3. The molecule has 0 aromatic carbocycles. The summed E-state index contributed by atoms with van der Waals surface area (Å²) in [5.74, 6) is -1.12. The van der Waals surface area contributed by atoms with E-state index in [0.29, 0.717) is 19.4 Å². The summed E-state index contributed by atoms with van der Waals surface area (Å²) in [5, 5.41) is 3.26. The first-order chi connectivity index (χ1) is 8.95. The van der Waals surface area contributed by atoms with Crippen LogP contribution in [0.5, 0.6) is 0 Å². The van der Waals surface area contributed by atoms with Crippen LogP contribution in [0.15, 0.2) is 12.4 Å². The minimum atomic E-state index is -4.03. The van der Waals surface area contributed by atoms with Gasteiger partial charge in [0.25, 0.3) is 0 Å². The van der Waals surface area contributed by atoms with E-state index in [1.807, 2.05) is 6.92 Å². The summed E-state index contributed by atoms with van der Waals surface area (Å²) in [4.78, 5) is 8.35. The monoisotopic (exact) mass is 273 g/mol. The maximum atomic E-state index is 12.5. The van der Waals surface area contributed by atoms with E-state index in [0.717, 1.165) is 11.4 Å². The lowest BCUT2D eigenvalue weighted by Gasteiger charge is -2.30. The molecule has 106 valence electrons. The summed E-state index contributed by atoms with van der Waals surface area (Å²) >= 11 is 0. The molecule has 0 saturated heterocycles. The maximum Gasteiger partial charge on any atom is 0.391 e. The van der Waals surface area contributed by atoms with Crippen LogP contribution < -0.4 is 5.32 Å². The van der Waals surface area contributed by atoms with Crippen molar-refractivity contribution in [3.05, 3.63) is 23.8 Å². The first-order valence-electron chi connectivity index (χ1n) is 6.53. The van der Waals surface area contributed by atoms with Gasteiger partial charge in [-0.3, -0.25) is 9.97 Å². The average molecular weight is 273 g/mol. The molecule has 1 fully saturated rings. The Bertz CT molecular complexity index is 395. The fourth-order valence-corrected chi connectivity index (χ4v) is 2.38. The molecule has 1 N–H and O–H groups in total. The van der Waals surface area contributed by atoms with Crippen molar-refractivity contribution >= 4 is 0 Å². The summed E-state index contributed by atoms with van der Waals surface area (Å²) in [6, 6.07) is 0.154. The topological polar surface area (TPSA) is 37.8 Å². The van der Waals surface area contributed by atoms with Crippen LogP contribution in [0, 0.1) is 12.8 Å². The molecule has 1 heterocycles. The van der Waals surface area contributed by atoms with Crippen LogP contribution in [-0.2, 0) is 6.54 Å². The highest BCUT2D eigenvalue weighted by Gasteiger charge is 2.41. The van der Waals surface area contributed by atoms with Gasteiger partial charge in [-0.1, -0.05) is 0 Å². The van der Waals surface area contributed by atoms with Crippen LogP contribution in [0.1, 0.15) is 37.1 Å². The van der Waals surface area contributed by atoms with Gasteiger partial charge < -0.3 is 5.32 Å². The van der Waals surface area contributed by atoms with Crippen molar-refractivity contribution in [1.82, 2.24) is 15.3 Å². The van der Waals surface area contributed by atoms with Crippen molar-refractivity contribution in [3.63, 3.8) is 0 Å². The first-order valence-corrected chi connectivity index (χ1v) is 6.53. The number of nitrogens with zero attached hydrogens (tertiary/aromatic N) is 2. The number of hydrogen-bond donors (Lipinski definition) is 1. The molecule has 0 amide bonds. The van der Waals surface area contributed by atoms with Crippen molar-refractivity contribution in [1.29, 1.82) is 0 Å². The van der Waals surface area contributed by atoms with Gasteiger partial charge in [0.15, 0.2) is 0 Å². The lowest BCUT2D eigenvalue weighted by molar-refractivity contribution is -0.182. The molecule has 0 aliphatic heterocycles. The predicted molar refractivity (Wildman–Crippen MR) is 65.4 cm³/mol. The Morgan fingerprint density at radius 1 is 1.16 bits per heavy atom. The Hall–Kier alpha value is -1.17. The molecule has 0 bridgehead atoms. The van der Waals surface area contributed by atoms with Gasteiger partial charge in [0, 0.05) is 25.0 Å². The second-order valence-corrected chi connectivity index (χ2v) is 5.12. The van der Waals surface area contributed by atoms with Crippen LogP contribution in [0.2, 0.25) is 0 Å². The van der Waals surface area contributed by atoms with Crippen LogP contribution >= 0.6 is 0 Å². The Balaban J connectivity index is 1.75. The number of aryl methyl sites for hydroxylation is 1. The Morgan fingerprint density at radius 2 is 1.84 bits per heavy atom. The number of aromatic nitrogens is 2. The highest BCUT2D eigenvalue weighted by atomic mass is 19.4. The molecule has 1 aromatic rings. The SMILES string of the molecule is Cc1cnc(CNC2CCC(C(F)(F)F)CC2)cn1. The molecule has 1 aliphatic rings. The highest BCUT2D eigenvalue weighted by molar-refractivity contribution is 5.00. The molecule has 0 unspecified atom stereocenters. The molecule has 1 aromatic heterocycles. The second-order valence-electron chi connectivity index (χ2n) is 5.12. The van der Waals surface area contributed by atoms with Crippen molar-refractivity contribution in [2.24, 2.45) is 5.92 Å². The summed E-state index contributed by atoms with van der Waals surface area (Å²) in [7, 11) is 0. The van der Waals surface area contributed by atoms with E-state index < -0.39 is 12.1 Å². The third kappa shape index (κ3) is 4.16. The number of rotatable bonds is 3. The van der Waals surface area contributed by atoms with Crippen molar-refractivity contribution in [3.8, 4) is 0 Å². The van der Waals surface area contributed by atoms with E-state index in [1.54, 1.807) is 12.4 Å². The highest BCUT2D eigenvalue weighted by Crippen LogP contribution is 2.37. The van der Waals surface area contributed by atoms with Gasteiger partial charge in [-0.2, -0.15) is 13.2 Å². The maximum absolute atomic E-state index is 12.5. The zero-order chi connectivity index (χ0) is 13.9. The van der Waals surface area contributed by atoms with E-state index in [4.69, 9.17) is 0 Å². The average Bonchev–Trinajstić information content (AvgIpc) is 2.37. The molecule has 0 atom stereocenters. The minimum Gasteiger partial charge on any atom is -0.308 e. The zero-order valence-corrected chi connectivity index (χ0v) is 10.9. The van der Waals surface area contributed by atoms with Crippen molar-refractivity contribution in [2.45, 2.75) is 51.4 Å². The molecule has 3 nitrogen and oxygen atoms in total. The minimum absolute atomic E-state index is 0.154. The van der Waals surface area contributed by atoms with Gasteiger partial charge >= 0.3 is 6.18 Å². The smallest absolute Gasteiger partial charge is 0.308 e. The fraction of sp³-hybridized carbons (Fsp3) is 0.692. The van der Waals surface area contributed by atoms with Gasteiger partial charge in [0.2, 0.25) is 0 Å². The normalized spacial score (nSPS) is 24.4. The molecular formula is C13H18F3N3. The molecular weight excluding hydrogens is 255 g/mol. The second kappa shape index (κ2) is 5.86. The summed E-state index contributed by atoms with van der Waals surface area (Å²) in [5.41, 5.74) is 1.68. The molecule has 1 saturated carbocycles. The van der Waals surface area contributed by atoms with Gasteiger partial charge in [-0.05, 0) is 32.6 Å². The third-order valence-corrected chi connectivity index (χ3v) is 3.60. The standard InChI is InChI=1S/C13H18F3N3/c1-9-6-18-12(7-17-9)8-19-11-4-2-10(3-5-11)13(14,15)16/h6-7,10-11,19H,2-5,8H2,1H3. The van der Waals surface area contributed by atoms with Crippen LogP contribution in [0.4, 0.5) is 13.2 Å². The summed E-state index contributed by atoms with van der Waals surface area (Å²) < 4.78 is 37.6. The van der Waals surface area contributed by atoms with E-state index in [9.17, 15) is 13.2 Å². The fourth-order valence-electron chi connectivity index (χ4n) is 2.38. The number of hydrogen-bond acceptors (Lipinski definition) is 3. The molecule has 19 heavy (non-hydrogen) atoms. The molecule has 1 aliphatic carbocycles. The molecule has 0 spiro atoms. The predicted octanol–water partition coefficient (Wildman–Crippen LogP) is 3.00. The Kier molecular flexibility index (Phi) is 4.39. The van der Waals surface area contributed by atoms with E-state index in [-0.39, 0.29) is 18.9 Å². The van der Waals surface area contributed by atoms with Crippen molar-refractivity contribution < 1.29 is 13.2 Å². The van der Waals surface area contributed by atoms with E-state index >= 15 is 0 Å². The largest absolute Gasteiger partial charge is 0.391 e. The van der Waals surface area contributed by atoms with Gasteiger partial charge in [-0.25, -0.2) is 0 Å². The number of nitrogens with one attached hydrogen (secondary N) is 1. The number of alkyl halides is 3. The Labute approximate surface area is 110 Å². The quantitative estimate of drug-likeness (QED) is 0.920. The zero-order valence-electron chi connectivity index (χ0n) is 10.9. The van der Waals surface area contributed by atoms with Gasteiger partial charge in [0.05, 0.1) is 17.3 Å². The van der Waals surface area contributed by atoms with Gasteiger partial charge in [0.1, 0.15) is 0 Å². The lowest BCUT2D eigenvalue weighted by Crippen LogP contribution is -2.36. The van der Waals surface area contributed by atoms with E-state index in [1.165, 1.54) is 0 Å². The summed E-state index contributed by atoms with van der Waals surface area (Å²) in [6.45, 7) is 2.43. The third-order valence-electron chi connectivity index (χ3n) is 3.60. The first kappa shape index (κ1) is 14.2. The molecule has 0 radical (unpaired) electrons. The molecule has 6 heteroatoms. The summed E-state index contributed by atoms with van der Waals surface area (Å²) in [6.07, 6.45) is 0.947.